The third kappa shape index (κ3) is 4.85. The molecule has 6 heteroatoms. The van der Waals surface area contributed by atoms with E-state index in [4.69, 9.17) is 4.74 Å². The molecule has 0 radical (unpaired) electrons. The Hall–Kier alpha value is -3.51. The summed E-state index contributed by atoms with van der Waals surface area (Å²) >= 11 is 0. The van der Waals surface area contributed by atoms with E-state index in [9.17, 15) is 4.79 Å². The van der Waals surface area contributed by atoms with Gasteiger partial charge in [0.25, 0.3) is 0 Å². The summed E-state index contributed by atoms with van der Waals surface area (Å²) in [6, 6.07) is 27.1. The van der Waals surface area contributed by atoms with Crippen LogP contribution in [0.25, 0.3) is 0 Å². The molecule has 4 aliphatic rings. The lowest BCUT2D eigenvalue weighted by Crippen LogP contribution is -2.46. The predicted octanol–water partition coefficient (Wildman–Crippen LogP) is 5.52. The molecule has 198 valence electrons. The third-order valence-corrected chi connectivity index (χ3v) is 8.98. The Bertz CT molecular complexity index is 1240. The normalized spacial score (nSPS) is 19.9. The molecule has 0 unspecified atom stereocenters. The number of amides is 1. The summed E-state index contributed by atoms with van der Waals surface area (Å²) in [5.41, 5.74) is 7.18. The fourth-order valence-corrected chi connectivity index (χ4v) is 6.64. The van der Waals surface area contributed by atoms with Crippen molar-refractivity contribution in [2.75, 3.05) is 49.9 Å². The summed E-state index contributed by atoms with van der Waals surface area (Å²) < 4.78 is 5.46. The first-order valence-electron chi connectivity index (χ1n) is 14.0. The number of carbonyl (C=O) groups excluding carboxylic acids is 1. The van der Waals surface area contributed by atoms with Crippen LogP contribution in [0, 0.1) is 0 Å². The van der Waals surface area contributed by atoms with E-state index in [0.29, 0.717) is 12.0 Å². The monoisotopic (exact) mass is 510 g/mol. The van der Waals surface area contributed by atoms with E-state index < -0.39 is 0 Å². The van der Waals surface area contributed by atoms with Gasteiger partial charge in [0.05, 0.1) is 0 Å². The van der Waals surface area contributed by atoms with Gasteiger partial charge in [-0.2, -0.15) is 0 Å². The molecular weight excluding hydrogens is 472 g/mol. The number of rotatable bonds is 2. The molecule has 7 rings (SSSR count). The van der Waals surface area contributed by atoms with Crippen LogP contribution in [0.3, 0.4) is 0 Å². The summed E-state index contributed by atoms with van der Waals surface area (Å²) in [5, 5.41) is 10.5. The van der Waals surface area contributed by atoms with Gasteiger partial charge in [0, 0.05) is 48.4 Å². The van der Waals surface area contributed by atoms with E-state index in [1.54, 1.807) is 5.56 Å². The van der Waals surface area contributed by atoms with Crippen molar-refractivity contribution in [3.8, 4) is 0 Å². The zero-order valence-corrected chi connectivity index (χ0v) is 22.0. The highest BCUT2D eigenvalue weighted by molar-refractivity contribution is 5.68. The molecule has 4 aliphatic heterocycles. The van der Waals surface area contributed by atoms with Gasteiger partial charge in [-0.05, 0) is 67.6 Å². The molecule has 4 heterocycles. The molecule has 3 aromatic carbocycles. The number of para-hydroxylation sites is 2. The van der Waals surface area contributed by atoms with E-state index in [1.807, 2.05) is 35.2 Å². The number of ether oxygens (including phenoxy) is 1. The fraction of sp³-hybridized carbons (Fsp3) is 0.406. The Morgan fingerprint density at radius 2 is 1.24 bits per heavy atom. The lowest BCUT2D eigenvalue weighted by atomic mass is 9.74. The van der Waals surface area contributed by atoms with Crippen LogP contribution in [0.2, 0.25) is 0 Å². The number of fused-ring (bicyclic) bond motifs is 4. The van der Waals surface area contributed by atoms with Crippen LogP contribution in [0.5, 0.6) is 0 Å². The topological polar surface area (TPSA) is 65.6 Å². The van der Waals surface area contributed by atoms with Gasteiger partial charge in [0.2, 0.25) is 0 Å². The van der Waals surface area contributed by atoms with E-state index in [-0.39, 0.29) is 11.5 Å². The number of hydrogen-bond acceptors (Lipinski definition) is 5. The molecule has 1 amide bonds. The van der Waals surface area contributed by atoms with Crippen LogP contribution in [-0.4, -0.2) is 50.3 Å². The van der Waals surface area contributed by atoms with Crippen molar-refractivity contribution in [1.29, 1.82) is 0 Å². The molecular formula is C32H38N4O2. The van der Waals surface area contributed by atoms with E-state index in [0.717, 1.165) is 57.7 Å². The van der Waals surface area contributed by atoms with Gasteiger partial charge in [0.15, 0.2) is 0 Å². The Balaban J connectivity index is 0.000000159. The number of anilines is 2. The average Bonchev–Trinajstić information content (AvgIpc) is 3.52. The van der Waals surface area contributed by atoms with Crippen molar-refractivity contribution >= 4 is 17.5 Å². The molecule has 2 saturated heterocycles. The van der Waals surface area contributed by atoms with Gasteiger partial charge in [-0.15, -0.1) is 0 Å². The van der Waals surface area contributed by atoms with Gasteiger partial charge in [-0.1, -0.05) is 66.7 Å². The second-order valence-electron chi connectivity index (χ2n) is 11.1. The Morgan fingerprint density at radius 3 is 1.84 bits per heavy atom. The van der Waals surface area contributed by atoms with Gasteiger partial charge < -0.3 is 25.6 Å². The number of hydrogen-bond donors (Lipinski definition) is 3. The van der Waals surface area contributed by atoms with Crippen LogP contribution >= 0.6 is 0 Å². The van der Waals surface area contributed by atoms with Crippen molar-refractivity contribution in [2.45, 2.75) is 43.1 Å². The number of nitrogens with zero attached hydrogens (tertiary/aromatic N) is 1. The summed E-state index contributed by atoms with van der Waals surface area (Å²) in [5.74, 6) is 0. The molecule has 6 nitrogen and oxygen atoms in total. The lowest BCUT2D eigenvalue weighted by Gasteiger charge is -2.38. The van der Waals surface area contributed by atoms with Crippen molar-refractivity contribution in [1.82, 2.24) is 10.2 Å². The lowest BCUT2D eigenvalue weighted by molar-refractivity contribution is 0.0794. The summed E-state index contributed by atoms with van der Waals surface area (Å²) in [7, 11) is 0. The second-order valence-corrected chi connectivity index (χ2v) is 11.1. The van der Waals surface area contributed by atoms with Crippen LogP contribution < -0.4 is 16.0 Å². The number of nitrogens with one attached hydrogen (secondary N) is 3. The molecule has 0 atom stereocenters. The number of likely N-dealkylation sites (tertiary alicyclic amines) is 1. The van der Waals surface area contributed by atoms with Crippen LogP contribution in [-0.2, 0) is 22.2 Å². The van der Waals surface area contributed by atoms with Crippen molar-refractivity contribution < 1.29 is 9.53 Å². The van der Waals surface area contributed by atoms with Gasteiger partial charge in [-0.3, -0.25) is 0 Å². The quantitative estimate of drug-likeness (QED) is 0.424. The number of benzene rings is 3. The molecule has 0 bridgehead atoms. The van der Waals surface area contributed by atoms with Crippen molar-refractivity contribution in [3.05, 3.63) is 95.6 Å². The molecule has 3 aromatic rings. The van der Waals surface area contributed by atoms with E-state index in [2.05, 4.69) is 64.5 Å². The van der Waals surface area contributed by atoms with Gasteiger partial charge in [0.1, 0.15) is 6.61 Å². The number of piperidine rings is 2. The molecule has 0 saturated carbocycles. The van der Waals surface area contributed by atoms with Crippen LogP contribution in [0.1, 0.15) is 42.4 Å². The van der Waals surface area contributed by atoms with Crippen LogP contribution in [0.4, 0.5) is 16.2 Å². The summed E-state index contributed by atoms with van der Waals surface area (Å²) in [6.07, 6.45) is 4.32. The van der Waals surface area contributed by atoms with Crippen LogP contribution in [0.15, 0.2) is 78.9 Å². The van der Waals surface area contributed by atoms with Crippen molar-refractivity contribution in [3.63, 3.8) is 0 Å². The van der Waals surface area contributed by atoms with E-state index in [1.165, 1.54) is 29.8 Å². The Kier molecular flexibility index (Phi) is 6.98. The smallest absolute Gasteiger partial charge is 0.410 e. The highest BCUT2D eigenvalue weighted by atomic mass is 16.6. The average molecular weight is 511 g/mol. The maximum Gasteiger partial charge on any atom is 0.410 e. The standard InChI is InChI=1S/C20H22N2O2.C12H16N2/c23-19(24-14-16-6-2-1-3-7-16)22-12-10-20(11-13-22)15-21-18-9-5-4-8-17(18)20;1-2-4-11-10(3-1)12(9-14-11)5-7-13-8-6-12/h1-9,21H,10-15H2;1-4,13-14H,5-9H2. The van der Waals surface area contributed by atoms with Crippen molar-refractivity contribution in [2.24, 2.45) is 0 Å². The zero-order chi connectivity index (χ0) is 25.8. The molecule has 0 aromatic heterocycles. The third-order valence-electron chi connectivity index (χ3n) is 8.98. The van der Waals surface area contributed by atoms with Gasteiger partial charge in [-0.25, -0.2) is 4.79 Å². The minimum absolute atomic E-state index is 0.173. The molecule has 38 heavy (non-hydrogen) atoms. The summed E-state index contributed by atoms with van der Waals surface area (Å²) in [4.78, 5) is 14.2. The predicted molar refractivity (Wildman–Crippen MR) is 153 cm³/mol. The SMILES string of the molecule is O=C(OCc1ccccc1)N1CCC2(CC1)CNc1ccccc12.c1ccc2c(c1)NCC21CCNCC1. The molecule has 3 N–H and O–H groups in total. The minimum atomic E-state index is -0.201. The highest BCUT2D eigenvalue weighted by Gasteiger charge is 2.42. The largest absolute Gasteiger partial charge is 0.445 e. The highest BCUT2D eigenvalue weighted by Crippen LogP contribution is 2.44. The van der Waals surface area contributed by atoms with Gasteiger partial charge >= 0.3 is 6.09 Å². The molecule has 2 spiro atoms. The molecule has 2 fully saturated rings. The fourth-order valence-electron chi connectivity index (χ4n) is 6.64. The Labute approximate surface area is 225 Å². The first kappa shape index (κ1) is 24.8. The summed E-state index contributed by atoms with van der Waals surface area (Å²) in [6.45, 7) is 6.28. The Morgan fingerprint density at radius 1 is 0.711 bits per heavy atom. The maximum absolute atomic E-state index is 12.3. The zero-order valence-electron chi connectivity index (χ0n) is 22.0. The second kappa shape index (κ2) is 10.7. The van der Waals surface area contributed by atoms with E-state index >= 15 is 0 Å². The maximum atomic E-state index is 12.3. The number of carbonyl (C=O) groups is 1. The molecule has 0 aliphatic carbocycles. The first-order valence-corrected chi connectivity index (χ1v) is 14.0. The first-order chi connectivity index (χ1) is 18.7. The minimum Gasteiger partial charge on any atom is -0.445 e.